The summed E-state index contributed by atoms with van der Waals surface area (Å²) in [6, 6.07) is 20.2. The number of benzene rings is 3. The predicted octanol–water partition coefficient (Wildman–Crippen LogP) is 5.94. The molecule has 0 N–H and O–H groups in total. The van der Waals surface area contributed by atoms with Crippen LogP contribution in [0.5, 0.6) is 17.2 Å². The van der Waals surface area contributed by atoms with Gasteiger partial charge in [-0.25, -0.2) is 0 Å². The lowest BCUT2D eigenvalue weighted by molar-refractivity contribution is -0.479. The van der Waals surface area contributed by atoms with Gasteiger partial charge in [-0.15, -0.1) is 10.2 Å². The van der Waals surface area contributed by atoms with Gasteiger partial charge in [-0.1, -0.05) is 47.6 Å². The van der Waals surface area contributed by atoms with Gasteiger partial charge in [-0.2, -0.15) is 0 Å². The first-order valence-corrected chi connectivity index (χ1v) is 12.5. The van der Waals surface area contributed by atoms with E-state index in [0.717, 1.165) is 17.0 Å². The number of aromatic nitrogens is 3. The number of hydrogen-bond donors (Lipinski definition) is 0. The van der Waals surface area contributed by atoms with Gasteiger partial charge in [0.05, 0.1) is 14.2 Å². The van der Waals surface area contributed by atoms with Crippen LogP contribution in [-0.2, 0) is 6.61 Å². The van der Waals surface area contributed by atoms with Crippen LogP contribution >= 0.6 is 23.4 Å². The molecular weight excluding hydrogens is 516 g/mol. The highest BCUT2D eigenvalue weighted by Crippen LogP contribution is 2.39. The summed E-state index contributed by atoms with van der Waals surface area (Å²) >= 11 is 7.50. The zero-order chi connectivity index (χ0) is 26.4. The van der Waals surface area contributed by atoms with Gasteiger partial charge in [-0.05, 0) is 55.0 Å². The van der Waals surface area contributed by atoms with E-state index in [0.29, 0.717) is 33.1 Å². The summed E-state index contributed by atoms with van der Waals surface area (Å²) in [5.74, 6) is 2.35. The van der Waals surface area contributed by atoms with E-state index in [4.69, 9.17) is 25.8 Å². The van der Waals surface area contributed by atoms with Crippen LogP contribution in [0.15, 0.2) is 71.9 Å². The normalized spacial score (nSPS) is 11.7. The van der Waals surface area contributed by atoms with Crippen LogP contribution in [0.2, 0.25) is 5.02 Å². The minimum absolute atomic E-state index is 0.257. The average molecular weight is 541 g/mol. The van der Waals surface area contributed by atoms with Crippen LogP contribution in [-0.4, -0.2) is 40.5 Å². The van der Waals surface area contributed by atoms with Crippen molar-refractivity contribution in [2.45, 2.75) is 23.9 Å². The summed E-state index contributed by atoms with van der Waals surface area (Å²) in [4.78, 5) is 11.2. The fourth-order valence-electron chi connectivity index (χ4n) is 3.70. The first kappa shape index (κ1) is 26.3. The third-order valence-electron chi connectivity index (χ3n) is 5.59. The van der Waals surface area contributed by atoms with Gasteiger partial charge in [0.25, 0.3) is 0 Å². The highest BCUT2D eigenvalue weighted by Gasteiger charge is 2.25. The fourth-order valence-corrected chi connectivity index (χ4v) is 5.05. The van der Waals surface area contributed by atoms with Crippen LogP contribution < -0.4 is 14.2 Å². The van der Waals surface area contributed by atoms with E-state index in [1.54, 1.807) is 31.4 Å². The minimum Gasteiger partial charge on any atom is -0.497 e. The van der Waals surface area contributed by atoms with Crippen molar-refractivity contribution in [3.63, 3.8) is 0 Å². The largest absolute Gasteiger partial charge is 0.497 e. The molecule has 4 aromatic rings. The monoisotopic (exact) mass is 540 g/mol. The molecule has 1 aromatic heterocycles. The highest BCUT2D eigenvalue weighted by atomic mass is 35.5. The Morgan fingerprint density at radius 3 is 2.46 bits per heavy atom. The van der Waals surface area contributed by atoms with Crippen LogP contribution in [0.3, 0.4) is 0 Å². The van der Waals surface area contributed by atoms with Crippen molar-refractivity contribution in [1.82, 2.24) is 14.8 Å². The van der Waals surface area contributed by atoms with Gasteiger partial charge in [0, 0.05) is 21.2 Å². The van der Waals surface area contributed by atoms with Crippen LogP contribution in [0, 0.1) is 17.0 Å². The van der Waals surface area contributed by atoms with Crippen molar-refractivity contribution < 1.29 is 19.1 Å². The molecule has 0 saturated carbocycles. The molecule has 3 aromatic carbocycles. The molecule has 0 aliphatic rings. The molecule has 4 rings (SSSR count). The lowest BCUT2D eigenvalue weighted by Gasteiger charge is -2.17. The molecule has 0 spiro atoms. The van der Waals surface area contributed by atoms with Crippen molar-refractivity contribution in [1.29, 1.82) is 0 Å². The van der Waals surface area contributed by atoms with E-state index in [1.165, 1.54) is 18.9 Å². The third-order valence-corrected chi connectivity index (χ3v) is 7.14. The third kappa shape index (κ3) is 6.33. The van der Waals surface area contributed by atoms with E-state index in [2.05, 4.69) is 10.2 Å². The molecule has 0 radical (unpaired) electrons. The van der Waals surface area contributed by atoms with Crippen molar-refractivity contribution >= 4 is 23.4 Å². The molecule has 0 unspecified atom stereocenters. The second-order valence-electron chi connectivity index (χ2n) is 7.98. The first-order valence-electron chi connectivity index (χ1n) is 11.3. The number of aryl methyl sites for hydroxylation is 1. The van der Waals surface area contributed by atoms with Crippen LogP contribution in [0.4, 0.5) is 0 Å². The number of nitrogens with zero attached hydrogens (tertiary/aromatic N) is 4. The molecule has 9 nitrogen and oxygen atoms in total. The fraction of sp³-hybridized carbons (Fsp3) is 0.231. The first-order chi connectivity index (χ1) is 17.9. The number of thioether (sulfide) groups is 1. The Morgan fingerprint density at radius 1 is 1.03 bits per heavy atom. The molecule has 1 heterocycles. The summed E-state index contributed by atoms with van der Waals surface area (Å²) < 4.78 is 18.6. The van der Waals surface area contributed by atoms with Gasteiger partial charge < -0.3 is 14.2 Å². The van der Waals surface area contributed by atoms with Crippen molar-refractivity contribution in [2.75, 3.05) is 20.8 Å². The Bertz CT molecular complexity index is 1380. The van der Waals surface area contributed by atoms with E-state index in [-0.39, 0.29) is 18.1 Å². The number of rotatable bonds is 11. The summed E-state index contributed by atoms with van der Waals surface area (Å²) in [6.45, 7) is 1.77. The Morgan fingerprint density at radius 2 is 1.78 bits per heavy atom. The van der Waals surface area contributed by atoms with Crippen molar-refractivity contribution in [2.24, 2.45) is 0 Å². The molecule has 37 heavy (non-hydrogen) atoms. The highest BCUT2D eigenvalue weighted by molar-refractivity contribution is 7.99. The SMILES string of the molecule is COc1ccc(-n2c(C)nnc2S[C@@H](C[N+](=O)[O-])c2ccc(OCc3ccccc3Cl)c(OC)c2)cc1. The maximum absolute atomic E-state index is 11.6. The zero-order valence-corrected chi connectivity index (χ0v) is 22.0. The van der Waals surface area contributed by atoms with Crippen LogP contribution in [0.25, 0.3) is 5.69 Å². The van der Waals surface area contributed by atoms with Gasteiger partial charge >= 0.3 is 0 Å². The Kier molecular flexibility index (Phi) is 8.52. The number of nitro groups is 1. The molecule has 0 fully saturated rings. The molecule has 11 heteroatoms. The predicted molar refractivity (Wildman–Crippen MR) is 142 cm³/mol. The maximum Gasteiger partial charge on any atom is 0.220 e. The second-order valence-corrected chi connectivity index (χ2v) is 9.55. The molecule has 0 aliphatic heterocycles. The average Bonchev–Trinajstić information content (AvgIpc) is 3.27. The standard InChI is InChI=1S/C26H25ClN4O5S/c1-17-28-29-26(31(17)20-9-11-21(34-2)12-10-20)37-25(15-30(32)33)18-8-13-23(24(14-18)35-3)36-16-19-6-4-5-7-22(19)27/h4-14,25H,15-16H2,1-3H3/t25-/m0/s1. The smallest absolute Gasteiger partial charge is 0.220 e. The number of methoxy groups -OCH3 is 2. The summed E-state index contributed by atoms with van der Waals surface area (Å²) in [7, 11) is 3.13. The molecule has 192 valence electrons. The van der Waals surface area contributed by atoms with E-state index in [9.17, 15) is 10.1 Å². The van der Waals surface area contributed by atoms with E-state index < -0.39 is 5.25 Å². The van der Waals surface area contributed by atoms with Gasteiger partial charge in [0.2, 0.25) is 6.54 Å². The minimum atomic E-state index is -0.554. The Labute approximate surface area is 223 Å². The summed E-state index contributed by atoms with van der Waals surface area (Å²) in [5, 5.41) is 20.7. The Balaban J connectivity index is 1.60. The Hall–Kier alpha value is -3.76. The molecular formula is C26H25ClN4O5S. The molecule has 0 bridgehead atoms. The number of halogens is 1. The molecule has 0 saturated heterocycles. The molecule has 1 atom stereocenters. The van der Waals surface area contributed by atoms with Gasteiger partial charge in [0.15, 0.2) is 16.7 Å². The number of hydrogen-bond acceptors (Lipinski definition) is 8. The maximum atomic E-state index is 11.6. The topological polar surface area (TPSA) is 102 Å². The van der Waals surface area contributed by atoms with Gasteiger partial charge in [-0.3, -0.25) is 14.7 Å². The number of ether oxygens (including phenoxy) is 3. The zero-order valence-electron chi connectivity index (χ0n) is 20.5. The lowest BCUT2D eigenvalue weighted by Crippen LogP contribution is -2.11. The summed E-state index contributed by atoms with van der Waals surface area (Å²) in [5.41, 5.74) is 2.36. The van der Waals surface area contributed by atoms with E-state index in [1.807, 2.05) is 54.0 Å². The quantitative estimate of drug-likeness (QED) is 0.131. The van der Waals surface area contributed by atoms with E-state index >= 15 is 0 Å². The second kappa shape index (κ2) is 12.0. The lowest BCUT2D eigenvalue weighted by atomic mass is 10.1. The summed E-state index contributed by atoms with van der Waals surface area (Å²) in [6.07, 6.45) is 0. The molecule has 0 amide bonds. The van der Waals surface area contributed by atoms with Crippen molar-refractivity contribution in [3.05, 3.63) is 98.8 Å². The van der Waals surface area contributed by atoms with Crippen LogP contribution in [0.1, 0.15) is 22.2 Å². The molecule has 0 aliphatic carbocycles. The van der Waals surface area contributed by atoms with Gasteiger partial charge in [0.1, 0.15) is 23.4 Å². The van der Waals surface area contributed by atoms with Crippen molar-refractivity contribution in [3.8, 4) is 22.9 Å².